The van der Waals surface area contributed by atoms with Crippen molar-refractivity contribution in [3.63, 3.8) is 0 Å². The van der Waals surface area contributed by atoms with Crippen LogP contribution in [0.2, 0.25) is 0 Å². The lowest BCUT2D eigenvalue weighted by Crippen LogP contribution is -2.26. The molecule has 0 aliphatic rings. The Hall–Kier alpha value is -1.52. The normalized spacial score (nSPS) is 10.1. The van der Waals surface area contributed by atoms with Gasteiger partial charge in [0.25, 0.3) is 0 Å². The minimum absolute atomic E-state index is 0.00120. The Balaban J connectivity index is 2.39. The van der Waals surface area contributed by atoms with E-state index in [-0.39, 0.29) is 5.91 Å². The Morgan fingerprint density at radius 2 is 2.27 bits per heavy atom. The van der Waals surface area contributed by atoms with Gasteiger partial charge in [0.1, 0.15) is 0 Å². The van der Waals surface area contributed by atoms with Crippen LogP contribution in [0, 0.1) is 0 Å². The summed E-state index contributed by atoms with van der Waals surface area (Å²) in [6, 6.07) is 0. The van der Waals surface area contributed by atoms with Gasteiger partial charge >= 0.3 is 0 Å². The van der Waals surface area contributed by atoms with E-state index in [1.807, 2.05) is 13.2 Å². The van der Waals surface area contributed by atoms with Gasteiger partial charge in [0.2, 0.25) is 5.91 Å². The summed E-state index contributed by atoms with van der Waals surface area (Å²) in [5.41, 5.74) is 2.10. The Labute approximate surface area is 89.9 Å². The summed E-state index contributed by atoms with van der Waals surface area (Å²) in [6.07, 6.45) is 2.86. The highest BCUT2D eigenvalue weighted by Crippen LogP contribution is 2.12. The number of carbonyl (C=O) groups excluding carboxylic acids is 1. The van der Waals surface area contributed by atoms with Crippen LogP contribution in [0.25, 0.3) is 0 Å². The molecule has 5 heteroatoms. The van der Waals surface area contributed by atoms with Crippen LogP contribution >= 0.6 is 0 Å². The first-order valence-corrected chi connectivity index (χ1v) is 5.14. The number of aryl methyl sites for hydroxylation is 2. The van der Waals surface area contributed by atoms with Crippen molar-refractivity contribution in [2.45, 2.75) is 20.3 Å². The van der Waals surface area contributed by atoms with Gasteiger partial charge in [-0.1, -0.05) is 6.92 Å². The lowest BCUT2D eigenvalue weighted by Gasteiger charge is -2.05. The van der Waals surface area contributed by atoms with Crippen molar-refractivity contribution in [1.29, 1.82) is 0 Å². The van der Waals surface area contributed by atoms with Gasteiger partial charge in [0.15, 0.2) is 0 Å². The predicted molar refractivity (Wildman–Crippen MR) is 59.8 cm³/mol. The molecule has 84 valence electrons. The van der Waals surface area contributed by atoms with Gasteiger partial charge in [-0.25, -0.2) is 0 Å². The van der Waals surface area contributed by atoms with Crippen molar-refractivity contribution < 1.29 is 4.79 Å². The zero-order valence-electron chi connectivity index (χ0n) is 9.50. The molecule has 15 heavy (non-hydrogen) atoms. The van der Waals surface area contributed by atoms with E-state index in [0.717, 1.165) is 24.3 Å². The third-order valence-corrected chi connectivity index (χ3v) is 2.05. The number of nitrogens with one attached hydrogen (secondary N) is 2. The van der Waals surface area contributed by atoms with E-state index in [1.54, 1.807) is 4.68 Å². The Bertz CT molecular complexity index is 332. The SMILES string of the molecule is CCc1nn(C)cc1NCCNC(C)=O. The number of amides is 1. The van der Waals surface area contributed by atoms with Crippen LogP contribution < -0.4 is 10.6 Å². The first-order chi connectivity index (χ1) is 7.13. The predicted octanol–water partition coefficient (Wildman–Crippen LogP) is 0.530. The molecule has 0 aromatic carbocycles. The fourth-order valence-electron chi connectivity index (χ4n) is 1.38. The van der Waals surface area contributed by atoms with E-state index in [2.05, 4.69) is 22.7 Å². The van der Waals surface area contributed by atoms with Crippen molar-refractivity contribution in [3.8, 4) is 0 Å². The first-order valence-electron chi connectivity index (χ1n) is 5.14. The molecule has 1 aromatic heterocycles. The molecule has 0 radical (unpaired) electrons. The fourth-order valence-corrected chi connectivity index (χ4v) is 1.38. The van der Waals surface area contributed by atoms with Crippen LogP contribution in [0.1, 0.15) is 19.5 Å². The number of anilines is 1. The van der Waals surface area contributed by atoms with Gasteiger partial charge in [-0.3, -0.25) is 9.48 Å². The minimum atomic E-state index is -0.00120. The number of nitrogens with zero attached hydrogens (tertiary/aromatic N) is 2. The highest BCUT2D eigenvalue weighted by atomic mass is 16.1. The first kappa shape index (κ1) is 11.6. The highest BCUT2D eigenvalue weighted by Gasteiger charge is 2.04. The summed E-state index contributed by atoms with van der Waals surface area (Å²) in [6.45, 7) is 4.94. The van der Waals surface area contributed by atoms with Crippen molar-refractivity contribution in [2.75, 3.05) is 18.4 Å². The second kappa shape index (κ2) is 5.38. The summed E-state index contributed by atoms with van der Waals surface area (Å²) in [4.78, 5) is 10.6. The van der Waals surface area contributed by atoms with Crippen LogP contribution in [-0.2, 0) is 18.3 Å². The monoisotopic (exact) mass is 210 g/mol. The molecule has 0 saturated carbocycles. The van der Waals surface area contributed by atoms with Gasteiger partial charge in [0.05, 0.1) is 11.4 Å². The molecule has 0 saturated heterocycles. The van der Waals surface area contributed by atoms with Crippen LogP contribution in [0.3, 0.4) is 0 Å². The van der Waals surface area contributed by atoms with Crippen LogP contribution in [-0.4, -0.2) is 28.8 Å². The fraction of sp³-hybridized carbons (Fsp3) is 0.600. The quantitative estimate of drug-likeness (QED) is 0.697. The van der Waals surface area contributed by atoms with E-state index < -0.39 is 0 Å². The van der Waals surface area contributed by atoms with Gasteiger partial charge in [-0.15, -0.1) is 0 Å². The minimum Gasteiger partial charge on any atom is -0.381 e. The third-order valence-electron chi connectivity index (χ3n) is 2.05. The van der Waals surface area contributed by atoms with Crippen LogP contribution in [0.15, 0.2) is 6.20 Å². The van der Waals surface area contributed by atoms with E-state index in [0.29, 0.717) is 6.54 Å². The lowest BCUT2D eigenvalue weighted by molar-refractivity contribution is -0.118. The maximum atomic E-state index is 10.6. The Morgan fingerprint density at radius 1 is 1.53 bits per heavy atom. The number of hydrogen-bond acceptors (Lipinski definition) is 3. The molecule has 0 aliphatic carbocycles. The van der Waals surface area contributed by atoms with E-state index in [9.17, 15) is 4.79 Å². The molecule has 0 unspecified atom stereocenters. The third kappa shape index (κ3) is 3.61. The topological polar surface area (TPSA) is 59.0 Å². The smallest absolute Gasteiger partial charge is 0.216 e. The highest BCUT2D eigenvalue weighted by molar-refractivity contribution is 5.72. The van der Waals surface area contributed by atoms with Crippen molar-refractivity contribution >= 4 is 11.6 Å². The number of hydrogen-bond donors (Lipinski definition) is 2. The zero-order chi connectivity index (χ0) is 11.3. The van der Waals surface area contributed by atoms with Crippen molar-refractivity contribution in [3.05, 3.63) is 11.9 Å². The van der Waals surface area contributed by atoms with Crippen LogP contribution in [0.4, 0.5) is 5.69 Å². The second-order valence-corrected chi connectivity index (χ2v) is 3.43. The van der Waals surface area contributed by atoms with E-state index >= 15 is 0 Å². The van der Waals surface area contributed by atoms with Crippen molar-refractivity contribution in [1.82, 2.24) is 15.1 Å². The summed E-state index contributed by atoms with van der Waals surface area (Å²) < 4.78 is 1.79. The molecule has 0 spiro atoms. The average molecular weight is 210 g/mol. The molecule has 1 rings (SSSR count). The molecular weight excluding hydrogens is 192 g/mol. The molecule has 1 amide bonds. The number of carbonyl (C=O) groups is 1. The van der Waals surface area contributed by atoms with E-state index in [1.165, 1.54) is 6.92 Å². The molecule has 5 nitrogen and oxygen atoms in total. The summed E-state index contributed by atoms with van der Waals surface area (Å²) in [5, 5.41) is 10.3. The molecular formula is C10H18N4O. The van der Waals surface area contributed by atoms with Gasteiger partial charge in [-0.2, -0.15) is 5.10 Å². The molecule has 0 bridgehead atoms. The molecule has 0 atom stereocenters. The number of rotatable bonds is 5. The lowest BCUT2D eigenvalue weighted by atomic mass is 10.3. The number of aromatic nitrogens is 2. The molecule has 2 N–H and O–H groups in total. The molecule has 0 aliphatic heterocycles. The average Bonchev–Trinajstić information content (AvgIpc) is 2.53. The maximum Gasteiger partial charge on any atom is 0.216 e. The van der Waals surface area contributed by atoms with E-state index in [4.69, 9.17) is 0 Å². The zero-order valence-corrected chi connectivity index (χ0v) is 9.50. The van der Waals surface area contributed by atoms with Crippen molar-refractivity contribution in [2.24, 2.45) is 7.05 Å². The maximum absolute atomic E-state index is 10.6. The van der Waals surface area contributed by atoms with Gasteiger partial charge < -0.3 is 10.6 Å². The largest absolute Gasteiger partial charge is 0.381 e. The molecule has 1 heterocycles. The second-order valence-electron chi connectivity index (χ2n) is 3.43. The summed E-state index contributed by atoms with van der Waals surface area (Å²) in [5.74, 6) is -0.00120. The molecule has 0 fully saturated rings. The van der Waals surface area contributed by atoms with Gasteiger partial charge in [0, 0.05) is 33.3 Å². The summed E-state index contributed by atoms with van der Waals surface area (Å²) in [7, 11) is 1.90. The Kier molecular flexibility index (Phi) is 4.15. The van der Waals surface area contributed by atoms with Crippen LogP contribution in [0.5, 0.6) is 0 Å². The van der Waals surface area contributed by atoms with Gasteiger partial charge in [-0.05, 0) is 6.42 Å². The molecule has 1 aromatic rings. The summed E-state index contributed by atoms with van der Waals surface area (Å²) >= 11 is 0. The standard InChI is InChI=1S/C10H18N4O/c1-4-9-10(7-14(3)13-9)12-6-5-11-8(2)15/h7,12H,4-6H2,1-3H3,(H,11,15). The Morgan fingerprint density at radius 3 is 2.87 bits per heavy atom.